The number of para-hydroxylation sites is 1. The van der Waals surface area contributed by atoms with E-state index < -0.39 is 0 Å². The van der Waals surface area contributed by atoms with Crippen molar-refractivity contribution in [2.24, 2.45) is 0 Å². The maximum Gasteiger partial charge on any atom is 0.343 e. The topological polar surface area (TPSA) is 26.3 Å². The summed E-state index contributed by atoms with van der Waals surface area (Å²) in [6.07, 6.45) is 7.50. The van der Waals surface area contributed by atoms with Gasteiger partial charge in [-0.1, -0.05) is 62.9 Å². The van der Waals surface area contributed by atoms with Crippen molar-refractivity contribution in [3.05, 3.63) is 65.7 Å². The van der Waals surface area contributed by atoms with Crippen LogP contribution in [0.4, 0.5) is 0 Å². The van der Waals surface area contributed by atoms with Crippen LogP contribution in [-0.4, -0.2) is 5.97 Å². The third kappa shape index (κ3) is 5.36. The van der Waals surface area contributed by atoms with E-state index in [0.717, 1.165) is 6.42 Å². The minimum atomic E-state index is -0.305. The molecule has 116 valence electrons. The quantitative estimate of drug-likeness (QED) is 0.369. The van der Waals surface area contributed by atoms with Crippen LogP contribution in [0.5, 0.6) is 5.75 Å². The monoisotopic (exact) mass is 296 g/mol. The van der Waals surface area contributed by atoms with Crippen molar-refractivity contribution in [2.45, 2.75) is 45.4 Å². The van der Waals surface area contributed by atoms with Crippen molar-refractivity contribution in [1.29, 1.82) is 0 Å². The number of ether oxygens (including phenoxy) is 1. The molecule has 2 aromatic carbocycles. The number of esters is 1. The molecule has 0 spiro atoms. The van der Waals surface area contributed by atoms with Crippen LogP contribution >= 0.6 is 0 Å². The van der Waals surface area contributed by atoms with E-state index in [-0.39, 0.29) is 5.97 Å². The van der Waals surface area contributed by atoms with E-state index in [1.807, 2.05) is 42.5 Å². The Morgan fingerprint density at radius 3 is 2.23 bits per heavy atom. The lowest BCUT2D eigenvalue weighted by molar-refractivity contribution is 0.0735. The fraction of sp³-hybridized carbons (Fsp3) is 0.350. The number of hydrogen-bond donors (Lipinski definition) is 0. The van der Waals surface area contributed by atoms with Crippen LogP contribution in [0.2, 0.25) is 0 Å². The van der Waals surface area contributed by atoms with Gasteiger partial charge in [-0.25, -0.2) is 4.79 Å². The molecule has 0 aliphatic heterocycles. The molecule has 0 aliphatic rings. The van der Waals surface area contributed by atoms with E-state index in [2.05, 4.69) is 6.92 Å². The Bertz CT molecular complexity index is 558. The Labute approximate surface area is 133 Å². The second kappa shape index (κ2) is 9.04. The van der Waals surface area contributed by atoms with Crippen LogP contribution in [-0.2, 0) is 6.42 Å². The highest BCUT2D eigenvalue weighted by molar-refractivity contribution is 5.91. The number of benzene rings is 2. The molecule has 2 nitrogen and oxygen atoms in total. The number of hydrogen-bond acceptors (Lipinski definition) is 2. The molecule has 2 heteroatoms. The van der Waals surface area contributed by atoms with Crippen molar-refractivity contribution in [3.8, 4) is 5.75 Å². The SMILES string of the molecule is CCCCCCCc1ccc(C(=O)Oc2ccccc2)cc1. The van der Waals surface area contributed by atoms with Gasteiger partial charge in [0.25, 0.3) is 0 Å². The van der Waals surface area contributed by atoms with Gasteiger partial charge < -0.3 is 4.74 Å². The summed E-state index contributed by atoms with van der Waals surface area (Å²) in [6, 6.07) is 16.9. The molecule has 0 aliphatic carbocycles. The van der Waals surface area contributed by atoms with Crippen LogP contribution < -0.4 is 4.74 Å². The van der Waals surface area contributed by atoms with Crippen molar-refractivity contribution in [1.82, 2.24) is 0 Å². The Balaban J connectivity index is 1.82. The first-order valence-electron chi connectivity index (χ1n) is 8.16. The molecule has 2 aromatic rings. The number of unbranched alkanes of at least 4 members (excludes halogenated alkanes) is 4. The predicted molar refractivity (Wildman–Crippen MR) is 90.3 cm³/mol. The smallest absolute Gasteiger partial charge is 0.343 e. The van der Waals surface area contributed by atoms with Crippen LogP contribution in [0.25, 0.3) is 0 Å². The second-order valence-corrected chi connectivity index (χ2v) is 5.56. The Kier molecular flexibility index (Phi) is 6.69. The Morgan fingerprint density at radius 2 is 1.55 bits per heavy atom. The average Bonchev–Trinajstić information content (AvgIpc) is 2.56. The van der Waals surface area contributed by atoms with Gasteiger partial charge in [-0.15, -0.1) is 0 Å². The van der Waals surface area contributed by atoms with Gasteiger partial charge >= 0.3 is 5.97 Å². The zero-order chi connectivity index (χ0) is 15.6. The van der Waals surface area contributed by atoms with E-state index in [1.165, 1.54) is 37.7 Å². The van der Waals surface area contributed by atoms with E-state index in [0.29, 0.717) is 11.3 Å². The molecule has 0 radical (unpaired) electrons. The molecular weight excluding hydrogens is 272 g/mol. The van der Waals surface area contributed by atoms with Gasteiger partial charge in [0.2, 0.25) is 0 Å². The maximum absolute atomic E-state index is 12.0. The Morgan fingerprint density at radius 1 is 0.864 bits per heavy atom. The predicted octanol–water partition coefficient (Wildman–Crippen LogP) is 5.42. The van der Waals surface area contributed by atoms with Crippen LogP contribution in [0.15, 0.2) is 54.6 Å². The van der Waals surface area contributed by atoms with Crippen molar-refractivity contribution in [2.75, 3.05) is 0 Å². The van der Waals surface area contributed by atoms with Crippen LogP contribution in [0, 0.1) is 0 Å². The summed E-state index contributed by atoms with van der Waals surface area (Å²) in [4.78, 5) is 12.0. The molecule has 0 unspecified atom stereocenters. The highest BCUT2D eigenvalue weighted by atomic mass is 16.5. The lowest BCUT2D eigenvalue weighted by atomic mass is 10.0. The summed E-state index contributed by atoms with van der Waals surface area (Å²) in [5, 5.41) is 0. The molecule has 0 fully saturated rings. The summed E-state index contributed by atoms with van der Waals surface area (Å²) < 4.78 is 5.33. The van der Waals surface area contributed by atoms with Crippen LogP contribution in [0.3, 0.4) is 0 Å². The zero-order valence-electron chi connectivity index (χ0n) is 13.3. The lowest BCUT2D eigenvalue weighted by Crippen LogP contribution is -2.08. The summed E-state index contributed by atoms with van der Waals surface area (Å²) in [5.74, 6) is 0.271. The van der Waals surface area contributed by atoms with E-state index in [9.17, 15) is 4.79 Å². The van der Waals surface area contributed by atoms with E-state index in [1.54, 1.807) is 12.1 Å². The summed E-state index contributed by atoms with van der Waals surface area (Å²) >= 11 is 0. The van der Waals surface area contributed by atoms with Crippen molar-refractivity contribution < 1.29 is 9.53 Å². The molecule has 0 bridgehead atoms. The van der Waals surface area contributed by atoms with Gasteiger partial charge in [-0.2, -0.15) is 0 Å². The van der Waals surface area contributed by atoms with Gasteiger partial charge in [-0.3, -0.25) is 0 Å². The molecule has 22 heavy (non-hydrogen) atoms. The summed E-state index contributed by atoms with van der Waals surface area (Å²) in [5.41, 5.74) is 1.88. The number of aryl methyl sites for hydroxylation is 1. The largest absolute Gasteiger partial charge is 0.423 e. The molecule has 0 heterocycles. The molecular formula is C20H24O2. The molecule has 0 atom stereocenters. The fourth-order valence-corrected chi connectivity index (χ4v) is 2.39. The highest BCUT2D eigenvalue weighted by Crippen LogP contribution is 2.14. The molecule has 0 saturated carbocycles. The van der Waals surface area contributed by atoms with Gasteiger partial charge in [-0.05, 0) is 42.7 Å². The third-order valence-corrected chi connectivity index (χ3v) is 3.71. The van der Waals surface area contributed by atoms with Crippen molar-refractivity contribution in [3.63, 3.8) is 0 Å². The van der Waals surface area contributed by atoms with Crippen LogP contribution in [0.1, 0.15) is 54.9 Å². The first-order chi connectivity index (χ1) is 10.8. The normalized spacial score (nSPS) is 10.4. The molecule has 0 N–H and O–H groups in total. The molecule has 2 rings (SSSR count). The van der Waals surface area contributed by atoms with Gasteiger partial charge in [0, 0.05) is 0 Å². The van der Waals surface area contributed by atoms with Gasteiger partial charge in [0.1, 0.15) is 5.75 Å². The van der Waals surface area contributed by atoms with E-state index >= 15 is 0 Å². The fourth-order valence-electron chi connectivity index (χ4n) is 2.39. The number of rotatable bonds is 8. The number of carbonyl (C=O) groups is 1. The molecule has 0 saturated heterocycles. The number of carbonyl (C=O) groups excluding carboxylic acids is 1. The van der Waals surface area contributed by atoms with Gasteiger partial charge in [0.15, 0.2) is 0 Å². The third-order valence-electron chi connectivity index (χ3n) is 3.71. The standard InChI is InChI=1S/C20H24O2/c1-2-3-4-5-7-10-17-13-15-18(16-14-17)20(21)22-19-11-8-6-9-12-19/h6,8-9,11-16H,2-5,7,10H2,1H3. The zero-order valence-corrected chi connectivity index (χ0v) is 13.3. The van der Waals surface area contributed by atoms with Crippen molar-refractivity contribution >= 4 is 5.97 Å². The highest BCUT2D eigenvalue weighted by Gasteiger charge is 2.08. The first-order valence-corrected chi connectivity index (χ1v) is 8.16. The maximum atomic E-state index is 12.0. The summed E-state index contributed by atoms with van der Waals surface area (Å²) in [6.45, 7) is 2.23. The molecule has 0 amide bonds. The van der Waals surface area contributed by atoms with Gasteiger partial charge in [0.05, 0.1) is 5.56 Å². The minimum absolute atomic E-state index is 0.305. The average molecular weight is 296 g/mol. The summed E-state index contributed by atoms with van der Waals surface area (Å²) in [7, 11) is 0. The van der Waals surface area contributed by atoms with E-state index in [4.69, 9.17) is 4.74 Å². The first kappa shape index (κ1) is 16.3. The molecule has 0 aromatic heterocycles. The Hall–Kier alpha value is -2.09. The minimum Gasteiger partial charge on any atom is -0.423 e. The lowest BCUT2D eigenvalue weighted by Gasteiger charge is -2.05. The second-order valence-electron chi connectivity index (χ2n) is 5.56.